The van der Waals surface area contributed by atoms with E-state index in [1.165, 1.54) is 0 Å². The van der Waals surface area contributed by atoms with Gasteiger partial charge in [-0.15, -0.1) is 0 Å². The lowest BCUT2D eigenvalue weighted by atomic mass is 10.1. The van der Waals surface area contributed by atoms with Crippen LogP contribution in [0.1, 0.15) is 12.7 Å². The third kappa shape index (κ3) is 2.69. The molecule has 5 heteroatoms. The van der Waals surface area contributed by atoms with Gasteiger partial charge in [0.2, 0.25) is 0 Å². The zero-order valence-electron chi connectivity index (χ0n) is 10.8. The first-order chi connectivity index (χ1) is 7.97. The van der Waals surface area contributed by atoms with Gasteiger partial charge in [0.05, 0.1) is 0 Å². The molecule has 2 heterocycles. The zero-order valence-corrected chi connectivity index (χ0v) is 11.6. The normalized spacial score (nSPS) is 24.7. The molecule has 17 heavy (non-hydrogen) atoms. The number of rotatable bonds is 2. The highest BCUT2D eigenvalue weighted by Gasteiger charge is 2.31. The fourth-order valence-electron chi connectivity index (χ4n) is 2.49. The van der Waals surface area contributed by atoms with Gasteiger partial charge in [0.15, 0.2) is 0 Å². The van der Waals surface area contributed by atoms with Crippen LogP contribution in [0.2, 0.25) is 5.15 Å². The summed E-state index contributed by atoms with van der Waals surface area (Å²) in [7, 11) is 4.26. The summed E-state index contributed by atoms with van der Waals surface area (Å²) in [6, 6.07) is 2.42. The maximum Gasteiger partial charge on any atom is 0.134 e. The molecule has 1 fully saturated rings. The first kappa shape index (κ1) is 12.6. The molecule has 0 amide bonds. The second-order valence-electron chi connectivity index (χ2n) is 5.01. The van der Waals surface area contributed by atoms with Crippen molar-refractivity contribution in [3.8, 4) is 0 Å². The molecule has 2 atom stereocenters. The first-order valence-electron chi connectivity index (χ1n) is 5.90. The summed E-state index contributed by atoms with van der Waals surface area (Å²) in [6.45, 7) is 6.18. The number of hydrogen-bond acceptors (Lipinski definition) is 4. The van der Waals surface area contributed by atoms with Gasteiger partial charge in [-0.3, -0.25) is 0 Å². The van der Waals surface area contributed by atoms with Crippen molar-refractivity contribution < 1.29 is 0 Å². The van der Waals surface area contributed by atoms with E-state index in [2.05, 4.69) is 40.8 Å². The quantitative estimate of drug-likeness (QED) is 0.754. The van der Waals surface area contributed by atoms with Crippen LogP contribution in [0.25, 0.3) is 0 Å². The summed E-state index contributed by atoms with van der Waals surface area (Å²) in [5.74, 6) is 2.31. The van der Waals surface area contributed by atoms with Crippen LogP contribution in [0.4, 0.5) is 5.82 Å². The van der Waals surface area contributed by atoms with Gasteiger partial charge in [-0.1, -0.05) is 18.5 Å². The number of aromatic nitrogens is 2. The van der Waals surface area contributed by atoms with E-state index in [1.807, 2.05) is 13.0 Å². The van der Waals surface area contributed by atoms with E-state index in [0.717, 1.165) is 24.7 Å². The molecule has 1 aromatic rings. The topological polar surface area (TPSA) is 32.3 Å². The van der Waals surface area contributed by atoms with Crippen LogP contribution >= 0.6 is 11.6 Å². The highest BCUT2D eigenvalue weighted by atomic mass is 35.5. The van der Waals surface area contributed by atoms with Crippen molar-refractivity contribution in [1.82, 2.24) is 14.9 Å². The Morgan fingerprint density at radius 2 is 2.06 bits per heavy atom. The molecule has 2 rings (SSSR count). The molecule has 0 aliphatic carbocycles. The predicted octanol–water partition coefficient (Wildman–Crippen LogP) is 1.82. The third-order valence-corrected chi connectivity index (χ3v) is 3.55. The number of nitrogens with zero attached hydrogens (tertiary/aromatic N) is 4. The van der Waals surface area contributed by atoms with Gasteiger partial charge in [0.25, 0.3) is 0 Å². The monoisotopic (exact) mass is 254 g/mol. The smallest absolute Gasteiger partial charge is 0.134 e. The Morgan fingerprint density at radius 1 is 1.35 bits per heavy atom. The Balaban J connectivity index is 2.19. The van der Waals surface area contributed by atoms with Gasteiger partial charge < -0.3 is 9.80 Å². The molecule has 0 bridgehead atoms. The third-order valence-electron chi connectivity index (χ3n) is 3.35. The van der Waals surface area contributed by atoms with Gasteiger partial charge in [-0.2, -0.15) is 0 Å². The highest BCUT2D eigenvalue weighted by Crippen LogP contribution is 2.25. The van der Waals surface area contributed by atoms with Crippen LogP contribution in [0.15, 0.2) is 6.07 Å². The molecule has 1 saturated heterocycles. The summed E-state index contributed by atoms with van der Waals surface area (Å²) in [4.78, 5) is 13.1. The van der Waals surface area contributed by atoms with Gasteiger partial charge >= 0.3 is 0 Å². The molecule has 0 saturated carbocycles. The summed E-state index contributed by atoms with van der Waals surface area (Å²) in [5, 5.41) is 0.522. The first-order valence-corrected chi connectivity index (χ1v) is 6.27. The molecule has 0 radical (unpaired) electrons. The van der Waals surface area contributed by atoms with Crippen LogP contribution in [0.5, 0.6) is 0 Å². The molecule has 2 unspecified atom stereocenters. The SMILES string of the molecule is Cc1nc(Cl)cc(N2CC(C)C(N(C)C)C2)n1. The van der Waals surface area contributed by atoms with E-state index in [1.54, 1.807) is 0 Å². The van der Waals surface area contributed by atoms with Crippen molar-refractivity contribution in [2.75, 3.05) is 32.1 Å². The lowest BCUT2D eigenvalue weighted by Gasteiger charge is -2.22. The number of likely N-dealkylation sites (N-methyl/N-ethyl adjacent to an activating group) is 1. The lowest BCUT2D eigenvalue weighted by Crippen LogP contribution is -2.34. The van der Waals surface area contributed by atoms with Gasteiger partial charge in [-0.05, 0) is 26.9 Å². The molecule has 1 aliphatic rings. The molecule has 4 nitrogen and oxygen atoms in total. The van der Waals surface area contributed by atoms with Gasteiger partial charge in [-0.25, -0.2) is 9.97 Å². The van der Waals surface area contributed by atoms with Crippen molar-refractivity contribution in [2.45, 2.75) is 19.9 Å². The Labute approximate surface area is 108 Å². The molecule has 0 spiro atoms. The zero-order chi connectivity index (χ0) is 12.6. The largest absolute Gasteiger partial charge is 0.355 e. The Kier molecular flexibility index (Phi) is 3.54. The second kappa shape index (κ2) is 4.78. The second-order valence-corrected chi connectivity index (χ2v) is 5.40. The summed E-state index contributed by atoms with van der Waals surface area (Å²) < 4.78 is 0. The standard InChI is InChI=1S/C12H19ClN4/c1-8-6-17(7-10(8)16(3)4)12-5-11(13)14-9(2)15-12/h5,8,10H,6-7H2,1-4H3. The Morgan fingerprint density at radius 3 is 2.59 bits per heavy atom. The van der Waals surface area contributed by atoms with Crippen LogP contribution in [-0.2, 0) is 0 Å². The Hall–Kier alpha value is -0.870. The number of hydrogen-bond donors (Lipinski definition) is 0. The van der Waals surface area contributed by atoms with Crippen LogP contribution in [0, 0.1) is 12.8 Å². The van der Waals surface area contributed by atoms with E-state index < -0.39 is 0 Å². The minimum Gasteiger partial charge on any atom is -0.355 e. The minimum absolute atomic E-state index is 0.522. The molecule has 1 aromatic heterocycles. The molecule has 0 aromatic carbocycles. The van der Waals surface area contributed by atoms with Crippen molar-refractivity contribution in [2.24, 2.45) is 5.92 Å². The highest BCUT2D eigenvalue weighted by molar-refractivity contribution is 6.29. The van der Waals surface area contributed by atoms with Crippen molar-refractivity contribution in [1.29, 1.82) is 0 Å². The maximum absolute atomic E-state index is 5.98. The fraction of sp³-hybridized carbons (Fsp3) is 0.667. The van der Waals surface area contributed by atoms with Crippen LogP contribution in [0.3, 0.4) is 0 Å². The lowest BCUT2D eigenvalue weighted by molar-refractivity contribution is 0.266. The van der Waals surface area contributed by atoms with Crippen LogP contribution < -0.4 is 4.90 Å². The molecule has 0 N–H and O–H groups in total. The Bertz CT molecular complexity index is 387. The summed E-state index contributed by atoms with van der Waals surface area (Å²) >= 11 is 5.98. The van der Waals surface area contributed by atoms with Gasteiger partial charge in [0.1, 0.15) is 16.8 Å². The maximum atomic E-state index is 5.98. The van der Waals surface area contributed by atoms with Crippen molar-refractivity contribution >= 4 is 17.4 Å². The summed E-state index contributed by atoms with van der Waals surface area (Å²) in [6.07, 6.45) is 0. The van der Waals surface area contributed by atoms with E-state index in [4.69, 9.17) is 11.6 Å². The molecular weight excluding hydrogens is 236 g/mol. The average Bonchev–Trinajstić information content (AvgIpc) is 2.59. The summed E-state index contributed by atoms with van der Waals surface area (Å²) in [5.41, 5.74) is 0. The number of aryl methyl sites for hydroxylation is 1. The van der Waals surface area contributed by atoms with Gasteiger partial charge in [0, 0.05) is 25.2 Å². The molecule has 1 aliphatic heterocycles. The van der Waals surface area contributed by atoms with E-state index in [-0.39, 0.29) is 0 Å². The van der Waals surface area contributed by atoms with Crippen molar-refractivity contribution in [3.63, 3.8) is 0 Å². The average molecular weight is 255 g/mol. The fourth-order valence-corrected chi connectivity index (χ4v) is 2.71. The molecular formula is C12H19ClN4. The van der Waals surface area contributed by atoms with E-state index >= 15 is 0 Å². The predicted molar refractivity (Wildman–Crippen MR) is 70.6 cm³/mol. The number of anilines is 1. The molecule has 94 valence electrons. The van der Waals surface area contributed by atoms with Crippen molar-refractivity contribution in [3.05, 3.63) is 17.0 Å². The minimum atomic E-state index is 0.522. The van der Waals surface area contributed by atoms with E-state index in [9.17, 15) is 0 Å². The number of halogens is 1. The van der Waals surface area contributed by atoms with E-state index in [0.29, 0.717) is 17.1 Å². The van der Waals surface area contributed by atoms with Crippen LogP contribution in [-0.4, -0.2) is 48.1 Å².